The normalized spacial score (nSPS) is 15.9. The molecule has 0 aliphatic carbocycles. The molecule has 0 amide bonds. The summed E-state index contributed by atoms with van der Waals surface area (Å²) < 4.78 is 7.07. The lowest BCUT2D eigenvalue weighted by atomic mass is 10.2. The van der Waals surface area contributed by atoms with E-state index in [9.17, 15) is 0 Å². The molecule has 24 heavy (non-hydrogen) atoms. The second kappa shape index (κ2) is 6.20. The molecule has 2 heterocycles. The number of aromatic nitrogens is 3. The molecule has 1 aromatic heterocycles. The average Bonchev–Trinajstić information content (AvgIpc) is 3.15. The van der Waals surface area contributed by atoms with Gasteiger partial charge in [-0.1, -0.05) is 41.0 Å². The molecule has 5 nitrogen and oxygen atoms in total. The van der Waals surface area contributed by atoms with Crippen molar-refractivity contribution >= 4 is 35.0 Å². The third-order valence-electron chi connectivity index (χ3n) is 3.70. The fraction of sp³-hybridized carbons (Fsp3) is 0.125. The number of nitrogens with zero attached hydrogens (tertiary/aromatic N) is 3. The zero-order chi connectivity index (χ0) is 16.7. The Morgan fingerprint density at radius 3 is 2.62 bits per heavy atom. The Morgan fingerprint density at radius 2 is 1.92 bits per heavy atom. The first kappa shape index (κ1) is 15.6. The molecule has 4 rings (SSSR count). The molecule has 122 valence electrons. The van der Waals surface area contributed by atoms with E-state index in [0.717, 1.165) is 27.9 Å². The van der Waals surface area contributed by atoms with Crippen LogP contribution in [0.3, 0.4) is 0 Å². The topological polar surface area (TPSA) is 52.0 Å². The largest absolute Gasteiger partial charge is 0.497 e. The van der Waals surface area contributed by atoms with Crippen molar-refractivity contribution in [1.29, 1.82) is 0 Å². The van der Waals surface area contributed by atoms with Crippen molar-refractivity contribution in [2.45, 2.75) is 10.5 Å². The highest BCUT2D eigenvalue weighted by atomic mass is 35.5. The third kappa shape index (κ3) is 2.70. The van der Waals surface area contributed by atoms with Crippen molar-refractivity contribution in [2.24, 2.45) is 0 Å². The number of benzene rings is 2. The summed E-state index contributed by atoms with van der Waals surface area (Å²) in [5.41, 5.74) is 5.29. The molecular formula is C16H12Cl2N4OS. The van der Waals surface area contributed by atoms with Gasteiger partial charge in [-0.15, -0.1) is 10.2 Å². The molecule has 0 bridgehead atoms. The quantitative estimate of drug-likeness (QED) is 0.720. The number of thioether (sulfide) groups is 1. The summed E-state index contributed by atoms with van der Waals surface area (Å²) >= 11 is 13.8. The molecule has 0 spiro atoms. The highest BCUT2D eigenvalue weighted by molar-refractivity contribution is 7.99. The van der Waals surface area contributed by atoms with Gasteiger partial charge in [0.2, 0.25) is 5.16 Å². The fourth-order valence-corrected chi connectivity index (χ4v) is 4.10. The molecule has 1 aliphatic rings. The number of hydrogen-bond donors (Lipinski definition) is 1. The van der Waals surface area contributed by atoms with Crippen LogP contribution in [0, 0.1) is 0 Å². The number of nitrogens with one attached hydrogen (secondary N) is 1. The van der Waals surface area contributed by atoms with Crippen molar-refractivity contribution in [3.63, 3.8) is 0 Å². The SMILES string of the molecule is COc1ccc(-c2nnc3n2NC(c2ccc(Cl)cc2Cl)S3)cc1. The molecule has 1 aliphatic heterocycles. The lowest BCUT2D eigenvalue weighted by Gasteiger charge is -2.14. The molecule has 1 N–H and O–H groups in total. The van der Waals surface area contributed by atoms with Crippen molar-refractivity contribution < 1.29 is 4.74 Å². The van der Waals surface area contributed by atoms with Crippen LogP contribution in [0.4, 0.5) is 0 Å². The summed E-state index contributed by atoms with van der Waals surface area (Å²) in [6.45, 7) is 0. The van der Waals surface area contributed by atoms with Crippen molar-refractivity contribution in [3.05, 3.63) is 58.1 Å². The molecule has 0 radical (unpaired) electrons. The highest BCUT2D eigenvalue weighted by Gasteiger charge is 2.29. The van der Waals surface area contributed by atoms with E-state index >= 15 is 0 Å². The molecular weight excluding hydrogens is 367 g/mol. The monoisotopic (exact) mass is 378 g/mol. The van der Waals surface area contributed by atoms with Gasteiger partial charge < -0.3 is 10.2 Å². The third-order valence-corrected chi connectivity index (χ3v) is 5.33. The standard InChI is InChI=1S/C16H12Cl2N4OS/c1-23-11-5-2-9(3-6-11)14-19-20-16-22(14)21-15(24-16)12-7-4-10(17)8-13(12)18/h2-8,15,21H,1H3. The van der Waals surface area contributed by atoms with E-state index in [1.165, 1.54) is 0 Å². The molecule has 0 saturated carbocycles. The van der Waals surface area contributed by atoms with Crippen LogP contribution in [0.15, 0.2) is 47.6 Å². The minimum absolute atomic E-state index is 0.0442. The number of fused-ring (bicyclic) bond motifs is 1. The van der Waals surface area contributed by atoms with E-state index < -0.39 is 0 Å². The van der Waals surface area contributed by atoms with Gasteiger partial charge in [0.25, 0.3) is 0 Å². The Balaban J connectivity index is 1.64. The van der Waals surface area contributed by atoms with Crippen molar-refractivity contribution in [3.8, 4) is 17.1 Å². The van der Waals surface area contributed by atoms with E-state index in [4.69, 9.17) is 27.9 Å². The maximum atomic E-state index is 6.31. The lowest BCUT2D eigenvalue weighted by Crippen LogP contribution is -2.14. The number of methoxy groups -OCH3 is 1. The maximum absolute atomic E-state index is 6.31. The summed E-state index contributed by atoms with van der Waals surface area (Å²) in [7, 11) is 1.64. The summed E-state index contributed by atoms with van der Waals surface area (Å²) in [5, 5.41) is 10.5. The van der Waals surface area contributed by atoms with Gasteiger partial charge in [0.15, 0.2) is 5.82 Å². The summed E-state index contributed by atoms with van der Waals surface area (Å²) in [6, 6.07) is 13.2. The first-order chi connectivity index (χ1) is 11.7. The summed E-state index contributed by atoms with van der Waals surface area (Å²) in [4.78, 5) is 0. The predicted octanol–water partition coefficient (Wildman–Crippen LogP) is 4.61. The van der Waals surface area contributed by atoms with Gasteiger partial charge in [-0.2, -0.15) is 0 Å². The second-order valence-electron chi connectivity index (χ2n) is 5.16. The average molecular weight is 379 g/mol. The van der Waals surface area contributed by atoms with Crippen LogP contribution < -0.4 is 10.2 Å². The van der Waals surface area contributed by atoms with Crippen LogP contribution in [-0.4, -0.2) is 22.0 Å². The van der Waals surface area contributed by atoms with Crippen molar-refractivity contribution in [2.75, 3.05) is 12.5 Å². The van der Waals surface area contributed by atoms with Crippen molar-refractivity contribution in [1.82, 2.24) is 14.9 Å². The van der Waals surface area contributed by atoms with Gasteiger partial charge in [0, 0.05) is 21.2 Å². The Bertz CT molecular complexity index is 898. The molecule has 8 heteroatoms. The minimum Gasteiger partial charge on any atom is -0.497 e. The van der Waals surface area contributed by atoms with E-state index in [-0.39, 0.29) is 5.37 Å². The van der Waals surface area contributed by atoms with Crippen LogP contribution in [-0.2, 0) is 0 Å². The lowest BCUT2D eigenvalue weighted by molar-refractivity contribution is 0.415. The van der Waals surface area contributed by atoms with Crippen LogP contribution in [0.5, 0.6) is 5.75 Å². The zero-order valence-electron chi connectivity index (χ0n) is 12.5. The van der Waals surface area contributed by atoms with Crippen LogP contribution in [0.25, 0.3) is 11.4 Å². The number of ether oxygens (including phenoxy) is 1. The number of hydrogen-bond acceptors (Lipinski definition) is 5. The second-order valence-corrected chi connectivity index (χ2v) is 7.08. The van der Waals surface area contributed by atoms with E-state index in [1.54, 1.807) is 24.9 Å². The minimum atomic E-state index is -0.0442. The van der Waals surface area contributed by atoms with E-state index in [0.29, 0.717) is 10.0 Å². The predicted molar refractivity (Wildman–Crippen MR) is 96.4 cm³/mol. The van der Waals surface area contributed by atoms with Gasteiger partial charge in [-0.05, 0) is 36.4 Å². The summed E-state index contributed by atoms with van der Waals surface area (Å²) in [6.07, 6.45) is 0. The van der Waals surface area contributed by atoms with Gasteiger partial charge in [-0.25, -0.2) is 4.68 Å². The molecule has 1 atom stereocenters. The summed E-state index contributed by atoms with van der Waals surface area (Å²) in [5.74, 6) is 1.54. The van der Waals surface area contributed by atoms with Gasteiger partial charge in [-0.3, -0.25) is 0 Å². The molecule has 2 aromatic carbocycles. The Kier molecular flexibility index (Phi) is 4.04. The first-order valence-electron chi connectivity index (χ1n) is 7.13. The smallest absolute Gasteiger partial charge is 0.212 e. The van der Waals surface area contributed by atoms with Crippen LogP contribution in [0.2, 0.25) is 10.0 Å². The van der Waals surface area contributed by atoms with Gasteiger partial charge in [0.1, 0.15) is 11.1 Å². The zero-order valence-corrected chi connectivity index (χ0v) is 14.9. The molecule has 3 aromatic rings. The maximum Gasteiger partial charge on any atom is 0.212 e. The first-order valence-corrected chi connectivity index (χ1v) is 8.77. The molecule has 0 saturated heterocycles. The molecule has 0 fully saturated rings. The molecule has 1 unspecified atom stereocenters. The Morgan fingerprint density at radius 1 is 1.12 bits per heavy atom. The highest BCUT2D eigenvalue weighted by Crippen LogP contribution is 2.42. The van der Waals surface area contributed by atoms with E-state index in [1.807, 2.05) is 41.1 Å². The van der Waals surface area contributed by atoms with Crippen LogP contribution in [0.1, 0.15) is 10.9 Å². The van der Waals surface area contributed by atoms with Gasteiger partial charge in [0.05, 0.1) is 7.11 Å². The van der Waals surface area contributed by atoms with Gasteiger partial charge >= 0.3 is 0 Å². The Hall–Kier alpha value is -1.89. The Labute approximate surface area is 152 Å². The number of halogens is 2. The van der Waals surface area contributed by atoms with E-state index in [2.05, 4.69) is 15.6 Å². The fourth-order valence-electron chi connectivity index (χ4n) is 2.49. The van der Waals surface area contributed by atoms with Crippen LogP contribution >= 0.6 is 35.0 Å². The number of rotatable bonds is 3.